The van der Waals surface area contributed by atoms with Gasteiger partial charge in [0, 0.05) is 58.5 Å². The highest BCUT2D eigenvalue weighted by molar-refractivity contribution is 7.27. The fourth-order valence-electron chi connectivity index (χ4n) is 7.94. The molecule has 53 heavy (non-hydrogen) atoms. The summed E-state index contributed by atoms with van der Waals surface area (Å²) in [6.45, 7) is 0. The van der Waals surface area contributed by atoms with E-state index in [1.165, 1.54) is 36.3 Å². The first kappa shape index (κ1) is 29.6. The summed E-state index contributed by atoms with van der Waals surface area (Å²) in [4.78, 5) is 15.6. The molecule has 11 rings (SSSR count). The summed E-state index contributed by atoms with van der Waals surface area (Å²) in [5, 5.41) is 16.8. The van der Waals surface area contributed by atoms with Crippen molar-refractivity contribution in [2.45, 2.75) is 0 Å². The highest BCUT2D eigenvalue weighted by Crippen LogP contribution is 2.51. The number of para-hydroxylation sites is 3. The maximum absolute atomic E-state index is 9.53. The summed E-state index contributed by atoms with van der Waals surface area (Å²) >= 11 is 1.84. The molecule has 7 heteroatoms. The average Bonchev–Trinajstić information content (AvgIpc) is 3.89. The van der Waals surface area contributed by atoms with Crippen molar-refractivity contribution in [1.82, 2.24) is 24.1 Å². The molecule has 0 saturated carbocycles. The Morgan fingerprint density at radius 3 is 1.72 bits per heavy atom. The number of thiophene rings is 1. The molecule has 0 N–H and O–H groups in total. The van der Waals surface area contributed by atoms with Crippen molar-refractivity contribution < 1.29 is 0 Å². The molecule has 6 nitrogen and oxygen atoms in total. The number of aromatic nitrogens is 5. The summed E-state index contributed by atoms with van der Waals surface area (Å²) in [5.74, 6) is 1.63. The van der Waals surface area contributed by atoms with Gasteiger partial charge in [0.25, 0.3) is 0 Å². The van der Waals surface area contributed by atoms with E-state index >= 15 is 0 Å². The molecule has 0 amide bonds. The largest absolute Gasteiger partial charge is 0.307 e. The van der Waals surface area contributed by atoms with Crippen LogP contribution in [0.15, 0.2) is 158 Å². The Hall–Kier alpha value is -7.14. The lowest BCUT2D eigenvalue weighted by molar-refractivity contribution is 0.953. The van der Waals surface area contributed by atoms with Crippen LogP contribution in [0.3, 0.4) is 0 Å². The van der Waals surface area contributed by atoms with E-state index in [1.807, 2.05) is 65.9 Å². The normalized spacial score (nSPS) is 11.8. The first-order valence-electron chi connectivity index (χ1n) is 17.4. The van der Waals surface area contributed by atoms with Crippen LogP contribution in [-0.2, 0) is 0 Å². The molecule has 0 aliphatic rings. The van der Waals surface area contributed by atoms with Gasteiger partial charge in [0.2, 0.25) is 5.95 Å². The van der Waals surface area contributed by atoms with Gasteiger partial charge in [-0.3, -0.25) is 4.57 Å². The molecule has 7 aromatic carbocycles. The Kier molecular flexibility index (Phi) is 6.38. The number of rotatable bonds is 4. The van der Waals surface area contributed by atoms with Gasteiger partial charge < -0.3 is 4.57 Å². The molecule has 246 valence electrons. The van der Waals surface area contributed by atoms with Crippen molar-refractivity contribution in [3.8, 4) is 40.5 Å². The van der Waals surface area contributed by atoms with Gasteiger partial charge in [-0.2, -0.15) is 15.2 Å². The third-order valence-corrected chi connectivity index (χ3v) is 11.4. The molecular weight excluding hydrogens is 669 g/mol. The molecule has 11 aromatic rings. The van der Waals surface area contributed by atoms with E-state index in [2.05, 4.69) is 118 Å². The number of hydrogen-bond acceptors (Lipinski definition) is 5. The van der Waals surface area contributed by atoms with E-state index in [9.17, 15) is 5.26 Å². The summed E-state index contributed by atoms with van der Waals surface area (Å²) in [5.41, 5.74) is 7.63. The van der Waals surface area contributed by atoms with E-state index in [0.717, 1.165) is 44.3 Å². The van der Waals surface area contributed by atoms with Crippen molar-refractivity contribution >= 4 is 75.1 Å². The SMILES string of the molecule is N#Cc1ccc(-c2nc(-c3ccccc3)nc(-n3c4ccccc4c4c5sc6ccccc6c5c5c6ccccc6n(-c6ccccc6)c5c43)n2)cc1. The molecule has 4 heterocycles. The van der Waals surface area contributed by atoms with Crippen molar-refractivity contribution in [3.05, 3.63) is 163 Å². The zero-order valence-corrected chi connectivity index (χ0v) is 28.9. The number of nitrogens with zero attached hydrogens (tertiary/aromatic N) is 6. The van der Waals surface area contributed by atoms with Crippen molar-refractivity contribution in [2.24, 2.45) is 0 Å². The smallest absolute Gasteiger partial charge is 0.238 e. The number of hydrogen-bond donors (Lipinski definition) is 0. The summed E-state index contributed by atoms with van der Waals surface area (Å²) in [6, 6.07) is 56.4. The number of benzene rings is 7. The molecule has 0 spiro atoms. The van der Waals surface area contributed by atoms with Crippen LogP contribution in [0.2, 0.25) is 0 Å². The maximum atomic E-state index is 9.53. The van der Waals surface area contributed by atoms with E-state index in [0.29, 0.717) is 23.2 Å². The van der Waals surface area contributed by atoms with Gasteiger partial charge in [-0.05, 0) is 54.6 Å². The lowest BCUT2D eigenvalue weighted by Gasteiger charge is -2.13. The molecule has 4 aromatic heterocycles. The van der Waals surface area contributed by atoms with Crippen molar-refractivity contribution in [3.63, 3.8) is 0 Å². The van der Waals surface area contributed by atoms with Crippen molar-refractivity contribution in [2.75, 3.05) is 0 Å². The molecule has 0 radical (unpaired) electrons. The fourth-order valence-corrected chi connectivity index (χ4v) is 9.21. The van der Waals surface area contributed by atoms with Crippen LogP contribution in [-0.4, -0.2) is 24.1 Å². The lowest BCUT2D eigenvalue weighted by atomic mass is 10.0. The van der Waals surface area contributed by atoms with Gasteiger partial charge in [-0.1, -0.05) is 103 Å². The second kappa shape index (κ2) is 11.4. The van der Waals surface area contributed by atoms with E-state index in [4.69, 9.17) is 15.0 Å². The first-order chi connectivity index (χ1) is 26.3. The standard InChI is InChI=1S/C46H26N6S/c47-27-28-23-25-30(26-24-28)45-48-44(29-13-3-1-4-14-29)49-46(50-45)52-36-21-11-8-18-33(36)40-42(52)41-38(39-34-19-9-12-22-37(34)53-43(39)40)32-17-7-10-20-35(32)51(41)31-15-5-2-6-16-31/h1-26H. The van der Waals surface area contributed by atoms with Gasteiger partial charge in [0.05, 0.1) is 33.7 Å². The minimum atomic E-state index is 0.524. The minimum absolute atomic E-state index is 0.524. The highest BCUT2D eigenvalue weighted by Gasteiger charge is 2.28. The minimum Gasteiger partial charge on any atom is -0.307 e. The predicted octanol–water partition coefficient (Wildman–Crippen LogP) is 11.6. The molecule has 0 unspecified atom stereocenters. The van der Waals surface area contributed by atoms with Crippen LogP contribution >= 0.6 is 11.3 Å². The van der Waals surface area contributed by atoms with Gasteiger partial charge in [-0.25, -0.2) is 4.98 Å². The second-order valence-corrected chi connectivity index (χ2v) is 14.2. The van der Waals surface area contributed by atoms with Gasteiger partial charge in [-0.15, -0.1) is 11.3 Å². The molecule has 0 saturated heterocycles. The number of fused-ring (bicyclic) bond motifs is 12. The zero-order valence-electron chi connectivity index (χ0n) is 28.1. The third-order valence-electron chi connectivity index (χ3n) is 10.2. The summed E-state index contributed by atoms with van der Waals surface area (Å²) in [7, 11) is 0. The number of nitriles is 1. The molecule has 0 aliphatic carbocycles. The van der Waals surface area contributed by atoms with Crippen LogP contribution in [0.5, 0.6) is 0 Å². The first-order valence-corrected chi connectivity index (χ1v) is 18.3. The van der Waals surface area contributed by atoms with Crippen LogP contribution in [0.4, 0.5) is 0 Å². The Balaban J connectivity index is 1.39. The Bertz CT molecular complexity index is 3280. The van der Waals surface area contributed by atoms with Gasteiger partial charge in [0.15, 0.2) is 11.6 Å². The van der Waals surface area contributed by atoms with Crippen LogP contribution in [0, 0.1) is 11.3 Å². The van der Waals surface area contributed by atoms with Gasteiger partial charge in [0.1, 0.15) is 0 Å². The van der Waals surface area contributed by atoms with Crippen LogP contribution < -0.4 is 0 Å². The topological polar surface area (TPSA) is 72.3 Å². The lowest BCUT2D eigenvalue weighted by Crippen LogP contribution is -2.07. The second-order valence-electron chi connectivity index (χ2n) is 13.1. The Labute approximate surface area is 307 Å². The van der Waals surface area contributed by atoms with E-state index in [1.54, 1.807) is 0 Å². The van der Waals surface area contributed by atoms with Crippen LogP contribution in [0.25, 0.3) is 98.2 Å². The average molecular weight is 695 g/mol. The predicted molar refractivity (Wildman–Crippen MR) is 217 cm³/mol. The monoisotopic (exact) mass is 694 g/mol. The molecule has 0 aliphatic heterocycles. The summed E-state index contributed by atoms with van der Waals surface area (Å²) in [6.07, 6.45) is 0. The van der Waals surface area contributed by atoms with Crippen molar-refractivity contribution in [1.29, 1.82) is 5.26 Å². The van der Waals surface area contributed by atoms with Gasteiger partial charge >= 0.3 is 0 Å². The van der Waals surface area contributed by atoms with E-state index in [-0.39, 0.29) is 0 Å². The van der Waals surface area contributed by atoms with E-state index < -0.39 is 0 Å². The fraction of sp³-hybridized carbons (Fsp3) is 0. The Morgan fingerprint density at radius 2 is 1.02 bits per heavy atom. The maximum Gasteiger partial charge on any atom is 0.238 e. The third kappa shape index (κ3) is 4.34. The molecule has 0 fully saturated rings. The summed E-state index contributed by atoms with van der Waals surface area (Å²) < 4.78 is 7.15. The highest BCUT2D eigenvalue weighted by atomic mass is 32.1. The molecule has 0 atom stereocenters. The molecular formula is C46H26N6S. The van der Waals surface area contributed by atoms with Crippen LogP contribution in [0.1, 0.15) is 5.56 Å². The Morgan fingerprint density at radius 1 is 0.472 bits per heavy atom. The molecule has 0 bridgehead atoms. The quantitative estimate of drug-likeness (QED) is 0.184. The zero-order chi connectivity index (χ0) is 35.0.